The van der Waals surface area contributed by atoms with Gasteiger partial charge in [-0.3, -0.25) is 4.99 Å². The van der Waals surface area contributed by atoms with E-state index in [9.17, 15) is 0 Å². The Kier molecular flexibility index (Phi) is 5.58. The summed E-state index contributed by atoms with van der Waals surface area (Å²) in [6, 6.07) is 1.86. The molecule has 1 saturated heterocycles. The van der Waals surface area contributed by atoms with Crippen molar-refractivity contribution in [3.8, 4) is 0 Å². The molecule has 148 valence electrons. The summed E-state index contributed by atoms with van der Waals surface area (Å²) in [4.78, 5) is 18.0. The Morgan fingerprint density at radius 3 is 2.15 bits per heavy atom. The van der Waals surface area contributed by atoms with E-state index < -0.39 is 0 Å². The predicted octanol–water partition coefficient (Wildman–Crippen LogP) is 2.56. The summed E-state index contributed by atoms with van der Waals surface area (Å²) in [5, 5.41) is 0. The second-order valence-corrected chi connectivity index (χ2v) is 8.82. The third kappa shape index (κ3) is 3.80. The van der Waals surface area contributed by atoms with Crippen LogP contribution in [0.3, 0.4) is 0 Å². The van der Waals surface area contributed by atoms with Crippen LogP contribution < -0.4 is 10.6 Å². The van der Waals surface area contributed by atoms with E-state index in [1.807, 2.05) is 6.07 Å². The van der Waals surface area contributed by atoms with Gasteiger partial charge in [0, 0.05) is 45.1 Å². The van der Waals surface area contributed by atoms with Crippen LogP contribution in [0, 0.1) is 29.6 Å². The maximum Gasteiger partial charge on any atom is 0.225 e. The average molecular weight is 435 g/mol. The van der Waals surface area contributed by atoms with Crippen molar-refractivity contribution in [3.05, 3.63) is 18.5 Å². The molecule has 5 aliphatic rings. The lowest BCUT2D eigenvalue weighted by atomic mass is 9.52. The van der Waals surface area contributed by atoms with E-state index in [0.29, 0.717) is 0 Å². The van der Waals surface area contributed by atoms with Gasteiger partial charge in [0.15, 0.2) is 5.96 Å². The van der Waals surface area contributed by atoms with Gasteiger partial charge in [0.05, 0.1) is 0 Å². The Morgan fingerprint density at radius 2 is 1.56 bits per heavy atom. The second kappa shape index (κ2) is 7.94. The standard InChI is InChI=1S/C20H30N6.BrH/c21-19(25-4-6-26(7-5-25)20-22-2-1-3-23-20)24-13-18-16-9-14-8-15(11-16)12-17(18)10-14;/h1-3,14-18H,4-13H2,(H2,21,24);1H. The number of halogens is 1. The average Bonchev–Trinajstić information content (AvgIpc) is 2.67. The molecule has 0 aromatic carbocycles. The van der Waals surface area contributed by atoms with Crippen LogP contribution in [-0.2, 0) is 0 Å². The van der Waals surface area contributed by atoms with Gasteiger partial charge in [-0.2, -0.15) is 0 Å². The number of hydrogen-bond donors (Lipinski definition) is 1. The number of aromatic nitrogens is 2. The lowest BCUT2D eigenvalue weighted by Gasteiger charge is -2.54. The van der Waals surface area contributed by atoms with Crippen molar-refractivity contribution in [2.45, 2.75) is 32.1 Å². The lowest BCUT2D eigenvalue weighted by Crippen LogP contribution is -2.52. The fraction of sp³-hybridized carbons (Fsp3) is 0.750. The minimum atomic E-state index is 0. The molecular weight excluding hydrogens is 404 g/mol. The van der Waals surface area contributed by atoms with Crippen LogP contribution >= 0.6 is 17.0 Å². The molecule has 0 amide bonds. The minimum absolute atomic E-state index is 0. The summed E-state index contributed by atoms with van der Waals surface area (Å²) >= 11 is 0. The monoisotopic (exact) mass is 434 g/mol. The van der Waals surface area contributed by atoms with Gasteiger partial charge < -0.3 is 15.5 Å². The fourth-order valence-corrected chi connectivity index (χ4v) is 6.23. The highest BCUT2D eigenvalue weighted by Crippen LogP contribution is 2.56. The normalized spacial score (nSPS) is 35.3. The molecule has 2 heterocycles. The molecule has 0 spiro atoms. The van der Waals surface area contributed by atoms with E-state index in [1.54, 1.807) is 12.4 Å². The van der Waals surface area contributed by atoms with Crippen LogP contribution in [0.25, 0.3) is 0 Å². The Hall–Kier alpha value is -1.37. The third-order valence-electron chi connectivity index (χ3n) is 7.32. The van der Waals surface area contributed by atoms with Crippen molar-refractivity contribution in [1.82, 2.24) is 14.9 Å². The third-order valence-corrected chi connectivity index (χ3v) is 7.32. The Labute approximate surface area is 172 Å². The summed E-state index contributed by atoms with van der Waals surface area (Å²) in [6.45, 7) is 4.55. The number of aliphatic imine (C=N–C) groups is 1. The molecule has 4 saturated carbocycles. The Morgan fingerprint density at radius 1 is 0.963 bits per heavy atom. The maximum absolute atomic E-state index is 6.36. The Bertz CT molecular complexity index is 630. The van der Waals surface area contributed by atoms with E-state index in [2.05, 4.69) is 19.8 Å². The van der Waals surface area contributed by atoms with Crippen molar-refractivity contribution in [2.75, 3.05) is 37.6 Å². The minimum Gasteiger partial charge on any atom is -0.370 e. The largest absolute Gasteiger partial charge is 0.370 e. The number of nitrogens with two attached hydrogens (primary N) is 1. The molecule has 1 aromatic heterocycles. The zero-order chi connectivity index (χ0) is 17.5. The molecule has 1 aromatic rings. The lowest BCUT2D eigenvalue weighted by molar-refractivity contribution is -0.0320. The smallest absolute Gasteiger partial charge is 0.225 e. The van der Waals surface area contributed by atoms with Gasteiger partial charge in [0.1, 0.15) is 0 Å². The Balaban J connectivity index is 0.00000180. The van der Waals surface area contributed by atoms with Gasteiger partial charge in [0.2, 0.25) is 5.95 Å². The number of rotatable bonds is 3. The van der Waals surface area contributed by atoms with E-state index in [0.717, 1.165) is 74.2 Å². The first-order valence-corrected chi connectivity index (χ1v) is 10.3. The molecule has 4 bridgehead atoms. The quantitative estimate of drug-likeness (QED) is 0.584. The van der Waals surface area contributed by atoms with Crippen molar-refractivity contribution in [1.29, 1.82) is 0 Å². The van der Waals surface area contributed by atoms with Gasteiger partial charge in [-0.05, 0) is 67.8 Å². The topological polar surface area (TPSA) is 70.6 Å². The summed E-state index contributed by atoms with van der Waals surface area (Å²) in [7, 11) is 0. The molecule has 7 heteroatoms. The van der Waals surface area contributed by atoms with Crippen LogP contribution in [0.2, 0.25) is 0 Å². The SMILES string of the molecule is Br.NC(=NCC1C2CC3CC(C2)CC1C3)N1CCN(c2ncccn2)CC1. The second-order valence-electron chi connectivity index (χ2n) is 8.82. The summed E-state index contributed by atoms with van der Waals surface area (Å²) in [6.07, 6.45) is 11.0. The van der Waals surface area contributed by atoms with Gasteiger partial charge in [-0.25, -0.2) is 9.97 Å². The highest BCUT2D eigenvalue weighted by atomic mass is 79.9. The number of nitrogens with zero attached hydrogens (tertiary/aromatic N) is 5. The zero-order valence-electron chi connectivity index (χ0n) is 15.9. The van der Waals surface area contributed by atoms with Crippen LogP contribution in [0.1, 0.15) is 32.1 Å². The molecule has 0 atom stereocenters. The molecule has 27 heavy (non-hydrogen) atoms. The van der Waals surface area contributed by atoms with Crippen LogP contribution in [0.5, 0.6) is 0 Å². The van der Waals surface area contributed by atoms with E-state index >= 15 is 0 Å². The van der Waals surface area contributed by atoms with Crippen LogP contribution in [-0.4, -0.2) is 53.6 Å². The van der Waals surface area contributed by atoms with Gasteiger partial charge in [-0.15, -0.1) is 17.0 Å². The van der Waals surface area contributed by atoms with Crippen molar-refractivity contribution < 1.29 is 0 Å². The highest BCUT2D eigenvalue weighted by molar-refractivity contribution is 8.93. The molecule has 5 fully saturated rings. The summed E-state index contributed by atoms with van der Waals surface area (Å²) < 4.78 is 0. The number of piperazine rings is 1. The molecule has 0 unspecified atom stereocenters. The summed E-state index contributed by atoms with van der Waals surface area (Å²) in [5.74, 6) is 6.26. The molecular formula is C20H31BrN6. The van der Waals surface area contributed by atoms with Crippen molar-refractivity contribution in [3.63, 3.8) is 0 Å². The molecule has 4 aliphatic carbocycles. The van der Waals surface area contributed by atoms with Gasteiger partial charge >= 0.3 is 0 Å². The number of guanidine groups is 1. The predicted molar refractivity (Wildman–Crippen MR) is 113 cm³/mol. The number of anilines is 1. The fourth-order valence-electron chi connectivity index (χ4n) is 6.23. The molecule has 0 radical (unpaired) electrons. The molecule has 1 aliphatic heterocycles. The number of hydrogen-bond acceptors (Lipinski definition) is 4. The highest BCUT2D eigenvalue weighted by Gasteiger charge is 2.47. The molecule has 6 nitrogen and oxygen atoms in total. The van der Waals surface area contributed by atoms with Crippen molar-refractivity contribution in [2.24, 2.45) is 40.3 Å². The molecule has 2 N–H and O–H groups in total. The van der Waals surface area contributed by atoms with Crippen LogP contribution in [0.15, 0.2) is 23.5 Å². The zero-order valence-corrected chi connectivity index (χ0v) is 17.6. The van der Waals surface area contributed by atoms with Gasteiger partial charge in [-0.1, -0.05) is 0 Å². The van der Waals surface area contributed by atoms with E-state index in [-0.39, 0.29) is 17.0 Å². The van der Waals surface area contributed by atoms with Crippen LogP contribution in [0.4, 0.5) is 5.95 Å². The van der Waals surface area contributed by atoms with E-state index in [4.69, 9.17) is 10.7 Å². The first-order valence-electron chi connectivity index (χ1n) is 10.3. The van der Waals surface area contributed by atoms with Crippen molar-refractivity contribution >= 4 is 28.9 Å². The molecule has 6 rings (SSSR count). The summed E-state index contributed by atoms with van der Waals surface area (Å²) in [5.41, 5.74) is 6.36. The van der Waals surface area contributed by atoms with Gasteiger partial charge in [0.25, 0.3) is 0 Å². The first-order chi connectivity index (χ1) is 12.8. The maximum atomic E-state index is 6.36. The van der Waals surface area contributed by atoms with E-state index in [1.165, 1.54) is 32.1 Å². The first kappa shape index (κ1) is 19.0.